The molecule has 3 heterocycles. The van der Waals surface area contributed by atoms with Gasteiger partial charge in [0.15, 0.2) is 0 Å². The minimum absolute atomic E-state index is 0.171. The van der Waals surface area contributed by atoms with Crippen molar-refractivity contribution >= 4 is 17.7 Å². The maximum atomic E-state index is 12.9. The average molecular weight is 401 g/mol. The molecule has 2 aromatic heterocycles. The number of rotatable bonds is 3. The summed E-state index contributed by atoms with van der Waals surface area (Å²) in [4.78, 5) is 30.6. The van der Waals surface area contributed by atoms with Gasteiger partial charge in [-0.3, -0.25) is 9.36 Å². The number of aromatic nitrogens is 4. The van der Waals surface area contributed by atoms with E-state index in [4.69, 9.17) is 0 Å². The van der Waals surface area contributed by atoms with E-state index < -0.39 is 23.7 Å². The number of hydrogen-bond donors (Lipinski definition) is 0. The smallest absolute Gasteiger partial charge is 0.338 e. The van der Waals surface area contributed by atoms with E-state index in [-0.39, 0.29) is 5.91 Å². The van der Waals surface area contributed by atoms with Crippen molar-refractivity contribution in [1.82, 2.24) is 24.2 Å². The molecule has 146 valence electrons. The summed E-state index contributed by atoms with van der Waals surface area (Å²) in [5.41, 5.74) is -0.304. The fourth-order valence-corrected chi connectivity index (χ4v) is 3.68. The number of alkyl halides is 3. The van der Waals surface area contributed by atoms with Crippen LogP contribution in [0.1, 0.15) is 35.1 Å². The number of pyridine rings is 1. The molecule has 0 saturated carbocycles. The molecule has 1 saturated heterocycles. The van der Waals surface area contributed by atoms with Gasteiger partial charge in [0.1, 0.15) is 5.03 Å². The van der Waals surface area contributed by atoms with E-state index in [1.165, 1.54) is 11.8 Å². The molecule has 7 nitrogen and oxygen atoms in total. The number of thioether (sulfide) groups is 1. The van der Waals surface area contributed by atoms with Crippen LogP contribution in [0.5, 0.6) is 0 Å². The van der Waals surface area contributed by atoms with Crippen LogP contribution in [0.25, 0.3) is 0 Å². The van der Waals surface area contributed by atoms with Gasteiger partial charge >= 0.3 is 11.9 Å². The molecule has 11 heteroatoms. The molecule has 1 aliphatic heterocycles. The second-order valence-corrected chi connectivity index (χ2v) is 6.99. The summed E-state index contributed by atoms with van der Waals surface area (Å²) < 4.78 is 40.2. The topological polar surface area (TPSA) is 73.0 Å². The molecular weight excluding hydrogens is 383 g/mol. The predicted molar refractivity (Wildman–Crippen MR) is 92.7 cm³/mol. The summed E-state index contributed by atoms with van der Waals surface area (Å²) in [5, 5.41) is 4.11. The van der Waals surface area contributed by atoms with Gasteiger partial charge in [-0.05, 0) is 31.2 Å². The number of likely N-dealkylation sites (tertiary alicyclic amines) is 1. The third-order valence-corrected chi connectivity index (χ3v) is 5.26. The first-order valence-corrected chi connectivity index (χ1v) is 9.47. The number of piperidine rings is 1. The summed E-state index contributed by atoms with van der Waals surface area (Å²) in [6, 6.07) is 2.91. The van der Waals surface area contributed by atoms with Crippen molar-refractivity contribution in [3.05, 3.63) is 40.2 Å². The van der Waals surface area contributed by atoms with Gasteiger partial charge in [0.2, 0.25) is 5.82 Å². The van der Waals surface area contributed by atoms with Crippen molar-refractivity contribution in [2.45, 2.75) is 30.1 Å². The Hall–Kier alpha value is -2.30. The predicted octanol–water partition coefficient (Wildman–Crippen LogP) is 2.19. The SMILES string of the molecule is CSc1ncccc1C(=O)N1CCC(n2nc(C(F)(F)F)n(C)c2=O)CC1. The normalized spacial score (nSPS) is 16.0. The third kappa shape index (κ3) is 3.73. The molecule has 3 rings (SSSR count). The highest BCUT2D eigenvalue weighted by Gasteiger charge is 2.39. The first-order chi connectivity index (χ1) is 12.7. The Labute approximate surface area is 157 Å². The summed E-state index contributed by atoms with van der Waals surface area (Å²) >= 11 is 1.37. The fourth-order valence-electron chi connectivity index (χ4n) is 3.14. The second kappa shape index (κ2) is 7.37. The molecule has 1 amide bonds. The maximum absolute atomic E-state index is 12.9. The first-order valence-electron chi connectivity index (χ1n) is 8.25. The number of halogens is 3. The second-order valence-electron chi connectivity index (χ2n) is 6.19. The number of carbonyl (C=O) groups excluding carboxylic acids is 1. The van der Waals surface area contributed by atoms with E-state index in [0.29, 0.717) is 41.1 Å². The van der Waals surface area contributed by atoms with E-state index >= 15 is 0 Å². The molecule has 0 N–H and O–H groups in total. The van der Waals surface area contributed by atoms with E-state index in [0.717, 1.165) is 11.7 Å². The van der Waals surface area contributed by atoms with Crippen molar-refractivity contribution in [2.75, 3.05) is 19.3 Å². The lowest BCUT2D eigenvalue weighted by Gasteiger charge is -2.31. The van der Waals surface area contributed by atoms with Crippen LogP contribution in [0, 0.1) is 0 Å². The van der Waals surface area contributed by atoms with Crippen LogP contribution in [-0.4, -0.2) is 49.5 Å². The molecule has 0 aliphatic carbocycles. The van der Waals surface area contributed by atoms with Crippen molar-refractivity contribution in [3.8, 4) is 0 Å². The largest absolute Gasteiger partial charge is 0.451 e. The molecule has 0 bridgehead atoms. The standard InChI is InChI=1S/C16H18F3N5O2S/c1-22-14(16(17,18)19)21-24(15(22)26)10-5-8-23(9-6-10)13(25)11-4-3-7-20-12(11)27-2/h3-4,7,10H,5-6,8-9H2,1-2H3. The molecule has 0 atom stereocenters. The quantitative estimate of drug-likeness (QED) is 0.738. The zero-order valence-electron chi connectivity index (χ0n) is 14.7. The highest BCUT2D eigenvalue weighted by molar-refractivity contribution is 7.98. The Morgan fingerprint density at radius 3 is 2.52 bits per heavy atom. The van der Waals surface area contributed by atoms with E-state index in [9.17, 15) is 22.8 Å². The van der Waals surface area contributed by atoms with Crippen molar-refractivity contribution in [1.29, 1.82) is 0 Å². The summed E-state index contributed by atoms with van der Waals surface area (Å²) in [7, 11) is 1.06. The molecule has 0 unspecified atom stereocenters. The zero-order valence-corrected chi connectivity index (χ0v) is 15.5. The number of amides is 1. The summed E-state index contributed by atoms with van der Waals surface area (Å²) in [6.45, 7) is 0.660. The molecule has 0 radical (unpaired) electrons. The molecule has 0 spiro atoms. The Morgan fingerprint density at radius 1 is 1.30 bits per heavy atom. The van der Waals surface area contributed by atoms with Gasteiger partial charge in [0.05, 0.1) is 11.6 Å². The van der Waals surface area contributed by atoms with Crippen LogP contribution in [0.4, 0.5) is 13.2 Å². The van der Waals surface area contributed by atoms with Gasteiger partial charge in [-0.1, -0.05) is 0 Å². The van der Waals surface area contributed by atoms with Gasteiger partial charge in [-0.2, -0.15) is 13.2 Å². The maximum Gasteiger partial charge on any atom is 0.451 e. The lowest BCUT2D eigenvalue weighted by molar-refractivity contribution is -0.147. The van der Waals surface area contributed by atoms with Crippen LogP contribution >= 0.6 is 11.8 Å². The van der Waals surface area contributed by atoms with Crippen LogP contribution in [0.3, 0.4) is 0 Å². The van der Waals surface area contributed by atoms with Crippen LogP contribution in [0.2, 0.25) is 0 Å². The summed E-state index contributed by atoms with van der Waals surface area (Å²) in [5.74, 6) is -1.39. The molecule has 2 aromatic rings. The number of hydrogen-bond acceptors (Lipinski definition) is 5. The lowest BCUT2D eigenvalue weighted by Crippen LogP contribution is -2.41. The van der Waals surface area contributed by atoms with Crippen LogP contribution in [-0.2, 0) is 13.2 Å². The number of carbonyl (C=O) groups is 1. The highest BCUT2D eigenvalue weighted by atomic mass is 32.2. The van der Waals surface area contributed by atoms with E-state index in [1.807, 2.05) is 6.26 Å². The molecular formula is C16H18F3N5O2S. The van der Waals surface area contributed by atoms with Crippen molar-refractivity contribution in [2.24, 2.45) is 7.05 Å². The molecule has 27 heavy (non-hydrogen) atoms. The van der Waals surface area contributed by atoms with Crippen molar-refractivity contribution in [3.63, 3.8) is 0 Å². The fraction of sp³-hybridized carbons (Fsp3) is 0.500. The van der Waals surface area contributed by atoms with Gasteiger partial charge in [-0.25, -0.2) is 14.5 Å². The Balaban J connectivity index is 1.75. The first kappa shape index (κ1) is 19.5. The monoisotopic (exact) mass is 401 g/mol. The molecule has 0 aromatic carbocycles. The van der Waals surface area contributed by atoms with Gasteiger partial charge in [0.25, 0.3) is 5.91 Å². The van der Waals surface area contributed by atoms with Gasteiger partial charge in [0, 0.05) is 26.3 Å². The minimum Gasteiger partial charge on any atom is -0.338 e. The minimum atomic E-state index is -4.69. The highest BCUT2D eigenvalue weighted by Crippen LogP contribution is 2.28. The van der Waals surface area contributed by atoms with Gasteiger partial charge in [-0.15, -0.1) is 16.9 Å². The van der Waals surface area contributed by atoms with E-state index in [1.54, 1.807) is 23.2 Å². The zero-order chi connectivity index (χ0) is 19.8. The average Bonchev–Trinajstić information content (AvgIpc) is 2.96. The Bertz CT molecular complexity index is 900. The van der Waals surface area contributed by atoms with Crippen LogP contribution in [0.15, 0.2) is 28.2 Å². The van der Waals surface area contributed by atoms with E-state index in [2.05, 4.69) is 10.1 Å². The van der Waals surface area contributed by atoms with Gasteiger partial charge < -0.3 is 4.90 Å². The van der Waals surface area contributed by atoms with Crippen LogP contribution < -0.4 is 5.69 Å². The van der Waals surface area contributed by atoms with Crippen molar-refractivity contribution < 1.29 is 18.0 Å². The third-order valence-electron chi connectivity index (χ3n) is 4.55. The number of nitrogens with zero attached hydrogens (tertiary/aromatic N) is 5. The Morgan fingerprint density at radius 2 is 1.96 bits per heavy atom. The lowest BCUT2D eigenvalue weighted by atomic mass is 10.0. The molecule has 1 aliphatic rings. The Kier molecular flexibility index (Phi) is 5.31. The summed E-state index contributed by atoms with van der Waals surface area (Å²) in [6.07, 6.45) is -0.536. The molecule has 1 fully saturated rings.